The predicted molar refractivity (Wildman–Crippen MR) is 72.1 cm³/mol. The molecule has 1 saturated carbocycles. The number of nitro groups is 1. The molecule has 1 aromatic rings. The van der Waals surface area contributed by atoms with Crippen LogP contribution in [0.2, 0.25) is 0 Å². The maximum atomic E-state index is 11.1. The molecule has 1 fully saturated rings. The Morgan fingerprint density at radius 1 is 1.50 bits per heavy atom. The van der Waals surface area contributed by atoms with Gasteiger partial charge in [0.05, 0.1) is 22.6 Å². The number of hydrogen-bond donors (Lipinski definition) is 2. The number of carbonyl (C=O) groups is 1. The molecule has 7 nitrogen and oxygen atoms in total. The molecule has 2 atom stereocenters. The summed E-state index contributed by atoms with van der Waals surface area (Å²) in [6.07, 6.45) is 2.80. The van der Waals surface area contributed by atoms with Crippen LogP contribution < -0.4 is 5.32 Å². The lowest BCUT2D eigenvalue weighted by Crippen LogP contribution is -2.30. The molecule has 108 valence electrons. The average molecular weight is 280 g/mol. The van der Waals surface area contributed by atoms with Gasteiger partial charge in [0.25, 0.3) is 5.69 Å². The van der Waals surface area contributed by atoms with E-state index >= 15 is 0 Å². The first-order chi connectivity index (χ1) is 9.52. The van der Waals surface area contributed by atoms with Gasteiger partial charge in [-0.2, -0.15) is 0 Å². The molecule has 0 aliphatic heterocycles. The number of methoxy groups -OCH3 is 1. The topological polar surface area (TPSA) is 102 Å². The van der Waals surface area contributed by atoms with Crippen molar-refractivity contribution in [1.82, 2.24) is 0 Å². The van der Waals surface area contributed by atoms with Crippen molar-refractivity contribution >= 4 is 17.3 Å². The highest BCUT2D eigenvalue weighted by Gasteiger charge is 2.29. The zero-order chi connectivity index (χ0) is 14.7. The summed E-state index contributed by atoms with van der Waals surface area (Å²) in [6, 6.07) is 3.87. The average Bonchev–Trinajstić information content (AvgIpc) is 2.85. The van der Waals surface area contributed by atoms with Crippen LogP contribution in [0.1, 0.15) is 29.6 Å². The van der Waals surface area contributed by atoms with E-state index in [1.54, 1.807) is 7.11 Å². The van der Waals surface area contributed by atoms with Crippen LogP contribution in [0, 0.1) is 10.1 Å². The van der Waals surface area contributed by atoms with E-state index in [1.807, 2.05) is 0 Å². The number of benzene rings is 1. The van der Waals surface area contributed by atoms with Gasteiger partial charge in [0.1, 0.15) is 5.69 Å². The fraction of sp³-hybridized carbons (Fsp3) is 0.462. The zero-order valence-corrected chi connectivity index (χ0v) is 11.0. The van der Waals surface area contributed by atoms with E-state index in [-0.39, 0.29) is 23.4 Å². The maximum absolute atomic E-state index is 11.1. The molecule has 2 N–H and O–H groups in total. The molecule has 20 heavy (non-hydrogen) atoms. The van der Waals surface area contributed by atoms with E-state index in [0.717, 1.165) is 25.3 Å². The van der Waals surface area contributed by atoms with Gasteiger partial charge in [-0.25, -0.2) is 4.79 Å². The van der Waals surface area contributed by atoms with Crippen LogP contribution in [0.5, 0.6) is 0 Å². The Morgan fingerprint density at radius 2 is 2.25 bits per heavy atom. The summed E-state index contributed by atoms with van der Waals surface area (Å²) >= 11 is 0. The monoisotopic (exact) mass is 280 g/mol. The van der Waals surface area contributed by atoms with Gasteiger partial charge in [-0.05, 0) is 31.4 Å². The van der Waals surface area contributed by atoms with Gasteiger partial charge >= 0.3 is 5.97 Å². The lowest BCUT2D eigenvalue weighted by molar-refractivity contribution is -0.384. The maximum Gasteiger partial charge on any atom is 0.335 e. The third-order valence-corrected chi connectivity index (χ3v) is 3.54. The molecule has 1 aliphatic rings. The number of nitrogens with zero attached hydrogens (tertiary/aromatic N) is 1. The van der Waals surface area contributed by atoms with E-state index in [0.29, 0.717) is 5.69 Å². The van der Waals surface area contributed by atoms with Gasteiger partial charge in [0.2, 0.25) is 0 Å². The number of nitrogens with one attached hydrogen (secondary N) is 1. The Kier molecular flexibility index (Phi) is 4.19. The van der Waals surface area contributed by atoms with Crippen molar-refractivity contribution in [2.24, 2.45) is 0 Å². The van der Waals surface area contributed by atoms with Crippen LogP contribution in [0.15, 0.2) is 18.2 Å². The van der Waals surface area contributed by atoms with Crippen LogP contribution in [0.25, 0.3) is 0 Å². The molecule has 7 heteroatoms. The molecular weight excluding hydrogens is 264 g/mol. The first-order valence-electron chi connectivity index (χ1n) is 6.34. The minimum absolute atomic E-state index is 0.00868. The highest BCUT2D eigenvalue weighted by Crippen LogP contribution is 2.30. The zero-order valence-electron chi connectivity index (χ0n) is 11.0. The van der Waals surface area contributed by atoms with E-state index in [2.05, 4.69) is 5.32 Å². The van der Waals surface area contributed by atoms with Crippen LogP contribution in [0.4, 0.5) is 11.4 Å². The molecule has 0 radical (unpaired) electrons. The molecule has 0 amide bonds. The molecular formula is C13H16N2O5. The van der Waals surface area contributed by atoms with Crippen molar-refractivity contribution in [3.63, 3.8) is 0 Å². The second-order valence-electron chi connectivity index (χ2n) is 4.75. The first kappa shape index (κ1) is 14.3. The third kappa shape index (κ3) is 2.88. The highest BCUT2D eigenvalue weighted by atomic mass is 16.6. The summed E-state index contributed by atoms with van der Waals surface area (Å²) in [6.45, 7) is 0. The summed E-state index contributed by atoms with van der Waals surface area (Å²) in [5.41, 5.74) is -0.00225. The third-order valence-electron chi connectivity index (χ3n) is 3.54. The summed E-state index contributed by atoms with van der Waals surface area (Å²) in [5.74, 6) is -1.18. The fourth-order valence-electron chi connectivity index (χ4n) is 2.51. The number of rotatable bonds is 5. The van der Waals surface area contributed by atoms with Gasteiger partial charge in [-0.3, -0.25) is 10.1 Å². The highest BCUT2D eigenvalue weighted by molar-refractivity contribution is 5.89. The molecule has 0 aromatic heterocycles. The van der Waals surface area contributed by atoms with Gasteiger partial charge in [-0.15, -0.1) is 0 Å². The lowest BCUT2D eigenvalue weighted by atomic mass is 10.1. The molecule has 0 spiro atoms. The van der Waals surface area contributed by atoms with Crippen molar-refractivity contribution in [3.05, 3.63) is 33.9 Å². The van der Waals surface area contributed by atoms with Gasteiger partial charge in [-0.1, -0.05) is 0 Å². The molecule has 0 saturated heterocycles. The Balaban J connectivity index is 2.27. The summed E-state index contributed by atoms with van der Waals surface area (Å²) in [7, 11) is 1.62. The Hall–Kier alpha value is -2.15. The number of aromatic carboxylic acids is 1. The minimum Gasteiger partial charge on any atom is -0.478 e. The fourth-order valence-corrected chi connectivity index (χ4v) is 2.51. The first-order valence-corrected chi connectivity index (χ1v) is 6.34. The van der Waals surface area contributed by atoms with Crippen molar-refractivity contribution < 1.29 is 19.6 Å². The smallest absolute Gasteiger partial charge is 0.335 e. The van der Waals surface area contributed by atoms with E-state index in [1.165, 1.54) is 12.1 Å². The van der Waals surface area contributed by atoms with E-state index in [4.69, 9.17) is 9.84 Å². The van der Waals surface area contributed by atoms with Gasteiger partial charge < -0.3 is 15.2 Å². The number of nitro benzene ring substituents is 1. The van der Waals surface area contributed by atoms with Crippen LogP contribution in [-0.2, 0) is 4.74 Å². The number of carboxylic acids is 1. The van der Waals surface area contributed by atoms with Crippen molar-refractivity contribution in [2.75, 3.05) is 12.4 Å². The molecule has 0 heterocycles. The molecule has 0 bridgehead atoms. The van der Waals surface area contributed by atoms with Crippen LogP contribution in [0.3, 0.4) is 0 Å². The summed E-state index contributed by atoms with van der Waals surface area (Å²) < 4.78 is 5.33. The summed E-state index contributed by atoms with van der Waals surface area (Å²) in [5, 5.41) is 23.0. The largest absolute Gasteiger partial charge is 0.478 e. The SMILES string of the molecule is COC1CCCC1Nc1ccc(C(=O)O)cc1[N+](=O)[O-]. The normalized spacial score (nSPS) is 21.6. The van der Waals surface area contributed by atoms with E-state index < -0.39 is 10.9 Å². The van der Waals surface area contributed by atoms with Crippen LogP contribution in [-0.4, -0.2) is 35.3 Å². The van der Waals surface area contributed by atoms with Crippen molar-refractivity contribution in [2.45, 2.75) is 31.4 Å². The second kappa shape index (κ2) is 5.87. The number of carboxylic acid groups (broad SMARTS) is 1. The molecule has 2 unspecified atom stereocenters. The minimum atomic E-state index is -1.18. The number of hydrogen-bond acceptors (Lipinski definition) is 5. The molecule has 1 aliphatic carbocycles. The van der Waals surface area contributed by atoms with Crippen molar-refractivity contribution in [1.29, 1.82) is 0 Å². The molecule has 1 aromatic carbocycles. The summed E-state index contributed by atoms with van der Waals surface area (Å²) in [4.78, 5) is 21.4. The quantitative estimate of drug-likeness (QED) is 0.633. The Morgan fingerprint density at radius 3 is 2.85 bits per heavy atom. The lowest BCUT2D eigenvalue weighted by Gasteiger charge is -2.20. The number of anilines is 1. The number of ether oxygens (including phenoxy) is 1. The molecule has 2 rings (SSSR count). The standard InChI is InChI=1S/C13H16N2O5/c1-20-12-4-2-3-10(12)14-9-6-5-8(13(16)17)7-11(9)15(18)19/h5-7,10,12,14H,2-4H2,1H3,(H,16,17). The van der Waals surface area contributed by atoms with Crippen molar-refractivity contribution in [3.8, 4) is 0 Å². The second-order valence-corrected chi connectivity index (χ2v) is 4.75. The van der Waals surface area contributed by atoms with Gasteiger partial charge in [0.15, 0.2) is 0 Å². The predicted octanol–water partition coefficient (Wildman–Crippen LogP) is 2.27. The Bertz CT molecular complexity index is 531. The Labute approximate surface area is 115 Å². The van der Waals surface area contributed by atoms with E-state index in [9.17, 15) is 14.9 Å². The van der Waals surface area contributed by atoms with Gasteiger partial charge in [0, 0.05) is 13.2 Å². The van der Waals surface area contributed by atoms with Crippen LogP contribution >= 0.6 is 0 Å².